The fraction of sp³-hybridized carbons (Fsp3) is 0.714. The van der Waals surface area contributed by atoms with Crippen LogP contribution in [0.5, 0.6) is 0 Å². The molecule has 0 fully saturated rings. The maximum absolute atomic E-state index is 10.9. The van der Waals surface area contributed by atoms with Crippen molar-refractivity contribution in [3.8, 4) is 0 Å². The topological polar surface area (TPSA) is 72.0 Å². The van der Waals surface area contributed by atoms with Gasteiger partial charge in [-0.05, 0) is 5.92 Å². The van der Waals surface area contributed by atoms with E-state index < -0.39 is 10.0 Å². The molecule has 1 N–H and O–H groups in total. The maximum Gasteiger partial charge on any atom is 0.231 e. The van der Waals surface area contributed by atoms with Gasteiger partial charge in [-0.2, -0.15) is 0 Å². The third-order valence-electron chi connectivity index (χ3n) is 1.32. The van der Waals surface area contributed by atoms with E-state index >= 15 is 0 Å². The molecule has 88 valence electrons. The molecule has 0 aliphatic carbocycles. The molecule has 0 aliphatic heterocycles. The average Bonchev–Trinajstić information content (AvgIpc) is 2.30. The molecule has 1 rings (SSSR count). The Labute approximate surface area is 99.8 Å². The van der Waals surface area contributed by atoms with Crippen molar-refractivity contribution < 1.29 is 8.42 Å². The summed E-state index contributed by atoms with van der Waals surface area (Å²) in [5.41, 5.74) is 0. The predicted molar refractivity (Wildman–Crippen MR) is 64.2 cm³/mol. The van der Waals surface area contributed by atoms with Crippen molar-refractivity contribution in [2.45, 2.75) is 20.3 Å². The molecule has 0 saturated heterocycles. The Morgan fingerprint density at radius 2 is 2.00 bits per heavy atom. The monoisotopic (exact) mass is 271 g/mol. The van der Waals surface area contributed by atoms with E-state index in [2.05, 4.69) is 28.8 Å². The van der Waals surface area contributed by atoms with Crippen LogP contribution in [0, 0.1) is 5.92 Å². The zero-order valence-corrected chi connectivity index (χ0v) is 11.2. The summed E-state index contributed by atoms with van der Waals surface area (Å²) in [5, 5.41) is 8.80. The van der Waals surface area contributed by atoms with Gasteiger partial charge in [0.15, 0.2) is 0 Å². The summed E-state index contributed by atoms with van der Waals surface area (Å²) in [6, 6.07) is 0. The molecule has 0 unspecified atom stereocenters. The molecule has 1 aromatic heterocycles. The number of hydrogen-bond donors (Lipinski definition) is 1. The first-order valence-corrected chi connectivity index (χ1v) is 6.88. The lowest BCUT2D eigenvalue weighted by Crippen LogP contribution is -2.08. The van der Waals surface area contributed by atoms with Gasteiger partial charge in [0.05, 0.1) is 6.26 Å². The average molecular weight is 272 g/mol. The van der Waals surface area contributed by atoms with Crippen LogP contribution in [0.1, 0.15) is 18.9 Å². The number of nitrogens with one attached hydrogen (secondary N) is 1. The minimum atomic E-state index is -3.23. The summed E-state index contributed by atoms with van der Waals surface area (Å²) >= 11 is 1.28. The van der Waals surface area contributed by atoms with Gasteiger partial charge in [0.1, 0.15) is 5.01 Å². The predicted octanol–water partition coefficient (Wildman–Crippen LogP) is 1.53. The van der Waals surface area contributed by atoms with Crippen molar-refractivity contribution in [2.75, 3.05) is 11.0 Å². The second-order valence-electron chi connectivity index (χ2n) is 3.47. The summed E-state index contributed by atoms with van der Waals surface area (Å²) < 4.78 is 24.0. The number of anilines is 1. The van der Waals surface area contributed by atoms with Crippen molar-refractivity contribution in [1.82, 2.24) is 10.2 Å². The normalized spacial score (nSPS) is 11.2. The Morgan fingerprint density at radius 3 is 2.47 bits per heavy atom. The number of nitrogens with zero attached hydrogens (tertiary/aromatic N) is 2. The van der Waals surface area contributed by atoms with E-state index in [1.165, 1.54) is 11.3 Å². The largest absolute Gasteiger partial charge is 0.257 e. The Balaban J connectivity index is 0.00000196. The highest BCUT2D eigenvalue weighted by Gasteiger charge is 2.09. The molecule has 15 heavy (non-hydrogen) atoms. The smallest absolute Gasteiger partial charge is 0.231 e. The fourth-order valence-electron chi connectivity index (χ4n) is 0.885. The minimum absolute atomic E-state index is 0. The first-order chi connectivity index (χ1) is 6.37. The number of aromatic nitrogens is 2. The van der Waals surface area contributed by atoms with E-state index in [0.717, 1.165) is 17.7 Å². The van der Waals surface area contributed by atoms with E-state index in [9.17, 15) is 8.42 Å². The zero-order valence-electron chi connectivity index (χ0n) is 8.72. The van der Waals surface area contributed by atoms with Crippen LogP contribution in [0.15, 0.2) is 0 Å². The minimum Gasteiger partial charge on any atom is -0.257 e. The van der Waals surface area contributed by atoms with Crippen LogP contribution in [0.25, 0.3) is 0 Å². The molecule has 0 radical (unpaired) electrons. The lowest BCUT2D eigenvalue weighted by Gasteiger charge is -1.97. The SMILES string of the molecule is CC(C)Cc1nnc(NS(C)(=O)=O)s1.Cl. The third-order valence-corrected chi connectivity index (χ3v) is 2.88. The van der Waals surface area contributed by atoms with Gasteiger partial charge >= 0.3 is 0 Å². The first kappa shape index (κ1) is 14.6. The molecule has 5 nitrogen and oxygen atoms in total. The summed E-state index contributed by atoms with van der Waals surface area (Å²) in [6.07, 6.45) is 1.92. The molecule has 1 heterocycles. The van der Waals surface area contributed by atoms with Crippen LogP contribution in [-0.2, 0) is 16.4 Å². The Hall–Kier alpha value is -0.400. The molecule has 1 aromatic rings. The van der Waals surface area contributed by atoms with Gasteiger partial charge in [-0.25, -0.2) is 8.42 Å². The van der Waals surface area contributed by atoms with E-state index in [-0.39, 0.29) is 12.4 Å². The summed E-state index contributed by atoms with van der Waals surface area (Å²) in [7, 11) is -3.23. The maximum atomic E-state index is 10.9. The highest BCUT2D eigenvalue weighted by Crippen LogP contribution is 2.18. The molecule has 0 aliphatic rings. The number of sulfonamides is 1. The van der Waals surface area contributed by atoms with Crippen molar-refractivity contribution in [2.24, 2.45) is 5.92 Å². The third kappa shape index (κ3) is 5.91. The van der Waals surface area contributed by atoms with Gasteiger partial charge in [0.2, 0.25) is 15.2 Å². The van der Waals surface area contributed by atoms with Gasteiger partial charge in [-0.1, -0.05) is 25.2 Å². The molecule has 0 spiro atoms. The quantitative estimate of drug-likeness (QED) is 0.901. The van der Waals surface area contributed by atoms with Crippen molar-refractivity contribution in [3.63, 3.8) is 0 Å². The molecule has 8 heteroatoms. The van der Waals surface area contributed by atoms with Crippen LogP contribution in [0.2, 0.25) is 0 Å². The van der Waals surface area contributed by atoms with Crippen molar-refractivity contribution in [1.29, 1.82) is 0 Å². The summed E-state index contributed by atoms with van der Waals surface area (Å²) in [6.45, 7) is 4.15. The van der Waals surface area contributed by atoms with Gasteiger partial charge in [-0.15, -0.1) is 22.6 Å². The second kappa shape index (κ2) is 5.62. The Kier molecular flexibility index (Phi) is 5.47. The number of rotatable bonds is 4. The van der Waals surface area contributed by atoms with Crippen LogP contribution < -0.4 is 4.72 Å². The first-order valence-electron chi connectivity index (χ1n) is 4.17. The van der Waals surface area contributed by atoms with E-state index in [1.54, 1.807) is 0 Å². The molecule has 0 aromatic carbocycles. The number of hydrogen-bond acceptors (Lipinski definition) is 5. The van der Waals surface area contributed by atoms with Crippen LogP contribution in [0.3, 0.4) is 0 Å². The fourth-order valence-corrected chi connectivity index (χ4v) is 2.67. The molecule has 0 saturated carbocycles. The Morgan fingerprint density at radius 1 is 1.40 bits per heavy atom. The molecule has 0 bridgehead atoms. The van der Waals surface area contributed by atoms with Crippen LogP contribution in [-0.4, -0.2) is 24.9 Å². The van der Waals surface area contributed by atoms with Gasteiger partial charge in [0, 0.05) is 6.42 Å². The van der Waals surface area contributed by atoms with E-state index in [1.807, 2.05) is 0 Å². The standard InChI is InChI=1S/C7H13N3O2S2.ClH/c1-5(2)4-6-8-9-7(13-6)10-14(3,11)12;/h5H,4H2,1-3H3,(H,9,10);1H. The molecule has 0 amide bonds. The molecular formula is C7H14ClN3O2S2. The van der Waals surface area contributed by atoms with E-state index in [0.29, 0.717) is 11.0 Å². The Bertz CT molecular complexity index is 402. The lowest BCUT2D eigenvalue weighted by atomic mass is 10.1. The lowest BCUT2D eigenvalue weighted by molar-refractivity contribution is 0.606. The highest BCUT2D eigenvalue weighted by atomic mass is 35.5. The van der Waals surface area contributed by atoms with Crippen molar-refractivity contribution >= 4 is 38.9 Å². The summed E-state index contributed by atoms with van der Waals surface area (Å²) in [4.78, 5) is 0. The summed E-state index contributed by atoms with van der Waals surface area (Å²) in [5.74, 6) is 0.494. The van der Waals surface area contributed by atoms with Gasteiger partial charge in [-0.3, -0.25) is 4.72 Å². The van der Waals surface area contributed by atoms with Crippen molar-refractivity contribution in [3.05, 3.63) is 5.01 Å². The van der Waals surface area contributed by atoms with Gasteiger partial charge < -0.3 is 0 Å². The van der Waals surface area contributed by atoms with Gasteiger partial charge in [0.25, 0.3) is 0 Å². The highest BCUT2D eigenvalue weighted by molar-refractivity contribution is 7.92. The second-order valence-corrected chi connectivity index (χ2v) is 6.28. The molecular weight excluding hydrogens is 258 g/mol. The zero-order chi connectivity index (χ0) is 10.8. The number of halogens is 1. The van der Waals surface area contributed by atoms with E-state index in [4.69, 9.17) is 0 Å². The van der Waals surface area contributed by atoms with Crippen LogP contribution in [0.4, 0.5) is 5.13 Å². The molecule has 0 atom stereocenters. The van der Waals surface area contributed by atoms with Crippen LogP contribution >= 0.6 is 23.7 Å².